The molecule has 0 unspecified atom stereocenters. The van der Waals surface area contributed by atoms with E-state index in [1.165, 1.54) is 0 Å². The Morgan fingerprint density at radius 3 is 2.64 bits per heavy atom. The highest BCUT2D eigenvalue weighted by Gasteiger charge is 2.08. The number of methoxy groups -OCH3 is 1. The first kappa shape index (κ1) is 18.5. The maximum absolute atomic E-state index is 12.1. The first-order valence-electron chi connectivity index (χ1n) is 8.15. The van der Waals surface area contributed by atoms with Gasteiger partial charge in [-0.3, -0.25) is 4.79 Å². The van der Waals surface area contributed by atoms with Gasteiger partial charge in [-0.2, -0.15) is 5.26 Å². The number of nitrogens with zero attached hydrogens (tertiary/aromatic N) is 2. The summed E-state index contributed by atoms with van der Waals surface area (Å²) < 4.78 is 4.94. The van der Waals surface area contributed by atoms with Crippen LogP contribution in [0, 0.1) is 11.3 Å². The van der Waals surface area contributed by atoms with Gasteiger partial charge in [0.25, 0.3) is 5.91 Å². The fourth-order valence-corrected chi connectivity index (χ4v) is 2.45. The van der Waals surface area contributed by atoms with E-state index in [4.69, 9.17) is 4.74 Å². The number of amides is 1. The average Bonchev–Trinajstić information content (AvgIpc) is 2.62. The lowest BCUT2D eigenvalue weighted by atomic mass is 10.0. The first-order chi connectivity index (χ1) is 12.0. The molecule has 0 atom stereocenters. The smallest absolute Gasteiger partial charge is 0.261 e. The number of hydrogen-bond acceptors (Lipinski definition) is 4. The third kappa shape index (κ3) is 5.07. The molecule has 2 aromatic rings. The van der Waals surface area contributed by atoms with Gasteiger partial charge in [0.2, 0.25) is 0 Å². The summed E-state index contributed by atoms with van der Waals surface area (Å²) in [7, 11) is 5.62. The summed E-state index contributed by atoms with van der Waals surface area (Å²) in [5, 5.41) is 14.2. The van der Waals surface area contributed by atoms with Gasteiger partial charge in [0.15, 0.2) is 0 Å². The van der Waals surface area contributed by atoms with Crippen LogP contribution in [0.1, 0.15) is 12.0 Å². The van der Waals surface area contributed by atoms with Crippen molar-refractivity contribution < 1.29 is 9.53 Å². The number of anilines is 1. The number of rotatable bonds is 7. The molecule has 0 spiro atoms. The van der Waals surface area contributed by atoms with Gasteiger partial charge in [-0.25, -0.2) is 0 Å². The molecule has 1 amide bonds. The van der Waals surface area contributed by atoms with Crippen LogP contribution in [0.3, 0.4) is 0 Å². The number of nitrogens with one attached hydrogen (secondary N) is 1. The van der Waals surface area contributed by atoms with Gasteiger partial charge in [0, 0.05) is 40.0 Å². The van der Waals surface area contributed by atoms with E-state index in [1.807, 2.05) is 50.5 Å². The van der Waals surface area contributed by atoms with E-state index in [1.54, 1.807) is 13.2 Å². The molecule has 0 heterocycles. The summed E-state index contributed by atoms with van der Waals surface area (Å²) in [6.45, 7) is 1.06. The van der Waals surface area contributed by atoms with E-state index in [0.717, 1.165) is 22.0 Å². The summed E-state index contributed by atoms with van der Waals surface area (Å²) in [5.74, 6) is -0.360. The lowest BCUT2D eigenvalue weighted by Gasteiger charge is -2.13. The number of carbonyl (C=O) groups excluding carboxylic acids is 1. The number of benzene rings is 2. The van der Waals surface area contributed by atoms with Crippen LogP contribution in [0.2, 0.25) is 0 Å². The second-order valence-corrected chi connectivity index (χ2v) is 5.96. The highest BCUT2D eigenvalue weighted by molar-refractivity contribution is 6.02. The summed E-state index contributed by atoms with van der Waals surface area (Å²) in [6.07, 6.45) is 2.33. The molecule has 0 fully saturated rings. The maximum atomic E-state index is 12.1. The first-order valence-corrected chi connectivity index (χ1v) is 8.15. The molecule has 0 aliphatic carbocycles. The van der Waals surface area contributed by atoms with E-state index in [2.05, 4.69) is 16.3 Å². The summed E-state index contributed by atoms with van der Waals surface area (Å²) in [5.41, 5.74) is 2.05. The van der Waals surface area contributed by atoms with Gasteiger partial charge < -0.3 is 15.0 Å². The SMILES string of the molecule is COCCCNC(=O)/C(C#N)=C/c1ccc2cc(N(C)C)ccc2c1. The van der Waals surface area contributed by atoms with Crippen LogP contribution < -0.4 is 10.2 Å². The molecular formula is C20H23N3O2. The van der Waals surface area contributed by atoms with Crippen LogP contribution in [0.5, 0.6) is 0 Å². The van der Waals surface area contributed by atoms with Gasteiger partial charge in [-0.15, -0.1) is 0 Å². The molecule has 5 heteroatoms. The lowest BCUT2D eigenvalue weighted by Crippen LogP contribution is -2.26. The molecule has 0 saturated carbocycles. The fraction of sp³-hybridized carbons (Fsp3) is 0.300. The van der Waals surface area contributed by atoms with E-state index < -0.39 is 0 Å². The van der Waals surface area contributed by atoms with Crippen molar-refractivity contribution in [1.29, 1.82) is 5.26 Å². The molecule has 1 N–H and O–H groups in total. The summed E-state index contributed by atoms with van der Waals surface area (Å²) >= 11 is 0. The molecule has 0 aliphatic rings. The van der Waals surface area contributed by atoms with Crippen molar-refractivity contribution in [3.63, 3.8) is 0 Å². The molecule has 0 aliphatic heterocycles. The molecule has 2 aromatic carbocycles. The molecule has 0 saturated heterocycles. The predicted octanol–water partition coefficient (Wildman–Crippen LogP) is 2.97. The molecular weight excluding hydrogens is 314 g/mol. The Bertz CT molecular complexity index is 819. The van der Waals surface area contributed by atoms with Crippen molar-refractivity contribution in [3.05, 3.63) is 47.5 Å². The Labute approximate surface area is 148 Å². The lowest BCUT2D eigenvalue weighted by molar-refractivity contribution is -0.117. The number of nitriles is 1. The number of carbonyl (C=O) groups is 1. The molecule has 130 valence electrons. The topological polar surface area (TPSA) is 65.4 Å². The van der Waals surface area contributed by atoms with E-state index in [9.17, 15) is 10.1 Å². The summed E-state index contributed by atoms with van der Waals surface area (Å²) in [6, 6.07) is 14.1. The number of hydrogen-bond donors (Lipinski definition) is 1. The summed E-state index contributed by atoms with van der Waals surface area (Å²) in [4.78, 5) is 14.1. The highest BCUT2D eigenvalue weighted by Crippen LogP contribution is 2.23. The van der Waals surface area contributed by atoms with Gasteiger partial charge in [-0.05, 0) is 47.0 Å². The van der Waals surface area contributed by atoms with Crippen molar-refractivity contribution in [2.24, 2.45) is 0 Å². The van der Waals surface area contributed by atoms with Gasteiger partial charge in [0.05, 0.1) is 0 Å². The molecule has 5 nitrogen and oxygen atoms in total. The van der Waals surface area contributed by atoms with Gasteiger partial charge in [-0.1, -0.05) is 18.2 Å². The largest absolute Gasteiger partial charge is 0.385 e. The Balaban J connectivity index is 2.18. The Morgan fingerprint density at radius 1 is 1.24 bits per heavy atom. The van der Waals surface area contributed by atoms with Crippen molar-refractivity contribution in [2.45, 2.75) is 6.42 Å². The normalized spacial score (nSPS) is 11.2. The second-order valence-electron chi connectivity index (χ2n) is 5.96. The highest BCUT2D eigenvalue weighted by atomic mass is 16.5. The zero-order chi connectivity index (χ0) is 18.2. The van der Waals surface area contributed by atoms with Crippen LogP contribution in [-0.2, 0) is 9.53 Å². The standard InChI is InChI=1S/C20H23N3O2/c1-23(2)19-8-7-16-11-15(5-6-17(16)13-19)12-18(14-21)20(24)22-9-4-10-25-3/h5-8,11-13H,4,9-10H2,1-3H3,(H,22,24)/b18-12+. The number of fused-ring (bicyclic) bond motifs is 1. The average molecular weight is 337 g/mol. The van der Waals surface area contributed by atoms with Crippen molar-refractivity contribution in [3.8, 4) is 6.07 Å². The third-order valence-corrected chi connectivity index (χ3v) is 3.85. The Hall–Kier alpha value is -2.84. The monoisotopic (exact) mass is 337 g/mol. The molecule has 0 aromatic heterocycles. The van der Waals surface area contributed by atoms with Crippen LogP contribution in [-0.4, -0.2) is 40.3 Å². The van der Waals surface area contributed by atoms with E-state index in [-0.39, 0.29) is 11.5 Å². The predicted molar refractivity (Wildman–Crippen MR) is 101 cm³/mol. The van der Waals surface area contributed by atoms with Crippen molar-refractivity contribution in [1.82, 2.24) is 5.32 Å². The van der Waals surface area contributed by atoms with Gasteiger partial charge in [0.1, 0.15) is 11.6 Å². The number of ether oxygens (including phenoxy) is 1. The molecule has 0 radical (unpaired) electrons. The Morgan fingerprint density at radius 2 is 1.96 bits per heavy atom. The maximum Gasteiger partial charge on any atom is 0.261 e. The Kier molecular flexibility index (Phi) is 6.55. The minimum Gasteiger partial charge on any atom is -0.385 e. The molecule has 0 bridgehead atoms. The van der Waals surface area contributed by atoms with Crippen LogP contribution in [0.25, 0.3) is 16.8 Å². The second kappa shape index (κ2) is 8.86. The zero-order valence-corrected chi connectivity index (χ0v) is 14.9. The van der Waals surface area contributed by atoms with E-state index in [0.29, 0.717) is 19.6 Å². The van der Waals surface area contributed by atoms with Crippen molar-refractivity contribution >= 4 is 28.4 Å². The zero-order valence-electron chi connectivity index (χ0n) is 14.9. The minimum atomic E-state index is -0.360. The molecule has 25 heavy (non-hydrogen) atoms. The fourth-order valence-electron chi connectivity index (χ4n) is 2.45. The third-order valence-electron chi connectivity index (χ3n) is 3.85. The van der Waals surface area contributed by atoms with Crippen LogP contribution in [0.4, 0.5) is 5.69 Å². The quantitative estimate of drug-likeness (QED) is 0.479. The van der Waals surface area contributed by atoms with E-state index >= 15 is 0 Å². The van der Waals surface area contributed by atoms with Crippen LogP contribution >= 0.6 is 0 Å². The van der Waals surface area contributed by atoms with Crippen molar-refractivity contribution in [2.75, 3.05) is 39.3 Å². The minimum absolute atomic E-state index is 0.0988. The molecule has 2 rings (SSSR count). The van der Waals surface area contributed by atoms with Crippen LogP contribution in [0.15, 0.2) is 42.0 Å². The van der Waals surface area contributed by atoms with Gasteiger partial charge >= 0.3 is 0 Å².